The molecule has 3 aromatic carbocycles. The van der Waals surface area contributed by atoms with E-state index < -0.39 is 17.5 Å². The van der Waals surface area contributed by atoms with Crippen LogP contribution in [0.1, 0.15) is 147 Å². The summed E-state index contributed by atoms with van der Waals surface area (Å²) in [6, 6.07) is 40.6. The number of piperidine rings is 8. The van der Waals surface area contributed by atoms with Gasteiger partial charge in [0, 0.05) is 147 Å². The van der Waals surface area contributed by atoms with E-state index in [1.54, 1.807) is 98.1 Å². The van der Waals surface area contributed by atoms with Crippen LogP contribution >= 0.6 is 0 Å². The first-order chi connectivity index (χ1) is 60.3. The zero-order valence-electron chi connectivity index (χ0n) is 69.8. The Bertz CT molecular complexity index is 5550. The molecule has 25 nitrogen and oxygen atoms in total. The molecule has 8 saturated heterocycles. The van der Waals surface area contributed by atoms with Crippen LogP contribution in [0.2, 0.25) is 0 Å². The molecule has 0 spiro atoms. The fourth-order valence-corrected chi connectivity index (χ4v) is 19.2. The Morgan fingerprint density at radius 1 is 0.323 bits per heavy atom. The van der Waals surface area contributed by atoms with Gasteiger partial charge in [0.2, 0.25) is 0 Å². The van der Waals surface area contributed by atoms with Gasteiger partial charge in [-0.15, -0.1) is 0 Å². The summed E-state index contributed by atoms with van der Waals surface area (Å²) in [5, 5.41) is 14.2. The number of aromatic nitrogens is 13. The molecule has 124 heavy (non-hydrogen) atoms. The summed E-state index contributed by atoms with van der Waals surface area (Å²) in [5.41, 5.74) is 8.58. The monoisotopic (exact) mass is 1670 g/mol. The highest BCUT2D eigenvalue weighted by molar-refractivity contribution is 6.03. The van der Waals surface area contributed by atoms with Gasteiger partial charge in [-0.1, -0.05) is 36.4 Å². The average Bonchev–Trinajstić information content (AvgIpc) is 0.779. The summed E-state index contributed by atoms with van der Waals surface area (Å²) >= 11 is 0. The number of halogens is 3. The SMILES string of the molecule is Cc1ccc(NC2CC3CCC2N(C(=O)c2c(F)cccc2-c2ncccn2)C3)nc1.Cc1ccc(NC2CC3CCC2N(C(=O)c2cc(F)ccc2-c2ncccn2)C3)nc1.Cc1ccc(NC2CC3CCC2N(C(=O)c2ccc(F)cc2-c2ncccn2)C3)nc1.Cc1ccc(NC2CC3CCC2N(C(=O)c2nc(C)ccc2-c2ncccn2)C3)nc1. The molecule has 12 fully saturated rings. The molecule has 24 rings (SSSR count). The smallest absolute Gasteiger partial charge is 0.273 e. The van der Waals surface area contributed by atoms with Gasteiger partial charge in [0.05, 0.1) is 46.4 Å². The highest BCUT2D eigenvalue weighted by Crippen LogP contribution is 2.44. The summed E-state index contributed by atoms with van der Waals surface area (Å²) in [4.78, 5) is 119. The van der Waals surface area contributed by atoms with Crippen LogP contribution in [0.5, 0.6) is 0 Å². The Labute approximate surface area is 718 Å². The number of aryl methyl sites for hydroxylation is 5. The first-order valence-corrected chi connectivity index (χ1v) is 42.8. The standard InChI is InChI=1S/3C24H24FN5O.C24H26N6O/c1-15-3-8-22(28-13-15)29-20-11-16-4-7-21(20)30(14-16)24(31)18-6-5-17(25)12-19(18)23-26-9-2-10-27-23;1-15-3-8-22(28-13-15)29-20-11-16-4-7-21(20)30(14-16)24(31)19-12-17(25)5-6-18(19)23-26-9-2-10-27-23;1-15-6-9-21(28-13-15)29-19-12-16-7-8-20(19)30(14-16)24(31)22-17(4-2-5-18(22)25)23-26-10-3-11-27-23;1-15-4-9-21(27-13-15)29-19-12-17-6-8-20(19)30(14-17)24(31)22-18(7-5-16(2)28-22)23-25-10-3-11-26-23/h2*2-3,5-6,8-10,12-13,16,20-21H,4,7,11,14H2,1H3,(H,28,29);2-6,9-11,13,16,19-20H,7-8,12,14H2,1H3,(H,28,29);3-5,7,9-11,13,17,19-20H,6,8,12,14H2,1-2H3,(H,27,29). The van der Waals surface area contributed by atoms with Crippen LogP contribution in [0.15, 0.2) is 214 Å². The van der Waals surface area contributed by atoms with Gasteiger partial charge in [-0.25, -0.2) is 78.0 Å². The minimum atomic E-state index is -0.541. The predicted molar refractivity (Wildman–Crippen MR) is 466 cm³/mol. The number of nitrogens with zero attached hydrogens (tertiary/aromatic N) is 17. The number of nitrogens with one attached hydrogen (secondary N) is 4. The van der Waals surface area contributed by atoms with E-state index in [0.29, 0.717) is 99.1 Å². The number of hydrogen-bond acceptors (Lipinski definition) is 21. The Kier molecular flexibility index (Phi) is 24.8. The lowest BCUT2D eigenvalue weighted by atomic mass is 9.76. The van der Waals surface area contributed by atoms with E-state index in [-0.39, 0.29) is 77.5 Å². The van der Waals surface area contributed by atoms with Crippen molar-refractivity contribution in [3.8, 4) is 45.6 Å². The molecule has 8 bridgehead atoms. The molecule has 0 radical (unpaired) electrons. The van der Waals surface area contributed by atoms with Crippen LogP contribution < -0.4 is 21.3 Å². The molecule has 12 aliphatic rings. The van der Waals surface area contributed by atoms with Crippen LogP contribution in [0.3, 0.4) is 0 Å². The average molecular weight is 1670 g/mol. The van der Waals surface area contributed by atoms with Crippen molar-refractivity contribution >= 4 is 46.9 Å². The molecule has 12 atom stereocenters. The Morgan fingerprint density at radius 2 is 0.669 bits per heavy atom. The minimum absolute atomic E-state index is 0.00949. The molecule has 28 heteroatoms. The summed E-state index contributed by atoms with van der Waals surface area (Å²) in [6.07, 6.45) is 32.7. The molecular weight excluding hydrogens is 1570 g/mol. The fourth-order valence-electron chi connectivity index (χ4n) is 19.2. The number of anilines is 4. The molecular formula is C96H98F3N21O4. The molecule has 12 unspecified atom stereocenters. The van der Waals surface area contributed by atoms with Crippen LogP contribution in [0.25, 0.3) is 45.6 Å². The topological polar surface area (TPSA) is 297 Å². The minimum Gasteiger partial charge on any atom is -0.365 e. The van der Waals surface area contributed by atoms with Crippen molar-refractivity contribution < 1.29 is 32.3 Å². The molecule has 9 aromatic heterocycles. The summed E-state index contributed by atoms with van der Waals surface area (Å²) < 4.78 is 43.1. The number of carbonyl (C=O) groups excluding carboxylic acids is 4. The molecule has 4 aliphatic carbocycles. The zero-order valence-corrected chi connectivity index (χ0v) is 69.8. The van der Waals surface area contributed by atoms with Gasteiger partial charge < -0.3 is 40.9 Å². The van der Waals surface area contributed by atoms with Crippen molar-refractivity contribution in [1.29, 1.82) is 0 Å². The molecule has 4 N–H and O–H groups in total. The van der Waals surface area contributed by atoms with Crippen molar-refractivity contribution in [3.63, 3.8) is 0 Å². The van der Waals surface area contributed by atoms with E-state index >= 15 is 0 Å². The third-order valence-electron chi connectivity index (χ3n) is 25.2. The highest BCUT2D eigenvalue weighted by atomic mass is 19.1. The van der Waals surface area contributed by atoms with E-state index in [2.05, 4.69) is 92.1 Å². The van der Waals surface area contributed by atoms with E-state index in [4.69, 9.17) is 0 Å². The number of fused-ring (bicyclic) bond motifs is 12. The van der Waals surface area contributed by atoms with Gasteiger partial charge in [0.25, 0.3) is 23.6 Å². The van der Waals surface area contributed by atoms with Gasteiger partial charge in [0.1, 0.15) is 46.4 Å². The van der Waals surface area contributed by atoms with Gasteiger partial charge in [-0.3, -0.25) is 19.2 Å². The molecule has 4 saturated carbocycles. The number of benzene rings is 3. The summed E-state index contributed by atoms with van der Waals surface area (Å²) in [7, 11) is 0. The second kappa shape index (κ2) is 37.1. The third kappa shape index (κ3) is 18.7. The molecule has 4 amide bonds. The lowest BCUT2D eigenvalue weighted by molar-refractivity contribution is 0.0274. The second-order valence-corrected chi connectivity index (χ2v) is 33.9. The van der Waals surface area contributed by atoms with Gasteiger partial charge in [-0.2, -0.15) is 0 Å². The van der Waals surface area contributed by atoms with Gasteiger partial charge in [-0.05, 0) is 261 Å². The first kappa shape index (κ1) is 82.9. The number of amides is 4. The van der Waals surface area contributed by atoms with Crippen LogP contribution in [-0.2, 0) is 0 Å². The van der Waals surface area contributed by atoms with Crippen molar-refractivity contribution in [2.75, 3.05) is 47.4 Å². The summed E-state index contributed by atoms with van der Waals surface area (Å²) in [5.74, 6) is 4.71. The Balaban J connectivity index is 0.000000117. The van der Waals surface area contributed by atoms with E-state index in [1.165, 1.54) is 30.3 Å². The van der Waals surface area contributed by atoms with E-state index in [0.717, 1.165) is 141 Å². The van der Waals surface area contributed by atoms with Crippen LogP contribution in [-0.4, -0.2) is 183 Å². The van der Waals surface area contributed by atoms with E-state index in [9.17, 15) is 32.3 Å². The van der Waals surface area contributed by atoms with Crippen molar-refractivity contribution in [3.05, 3.63) is 282 Å². The fraction of sp³-hybridized carbons (Fsp3) is 0.344. The third-order valence-corrected chi connectivity index (χ3v) is 25.2. The largest absolute Gasteiger partial charge is 0.365 e. The summed E-state index contributed by atoms with van der Waals surface area (Å²) in [6.45, 7) is 12.8. The molecule has 17 heterocycles. The van der Waals surface area contributed by atoms with E-state index in [1.807, 2.05) is 134 Å². The lowest BCUT2D eigenvalue weighted by Crippen LogP contribution is -2.60. The maximum atomic E-state index is 14.9. The Hall–Kier alpha value is -13.4. The molecule has 8 aliphatic heterocycles. The normalized spacial score (nSPS) is 22.4. The maximum Gasteiger partial charge on any atom is 0.273 e. The number of pyridine rings is 5. The second-order valence-electron chi connectivity index (χ2n) is 33.9. The van der Waals surface area contributed by atoms with Crippen molar-refractivity contribution in [2.45, 2.75) is 160 Å². The first-order valence-electron chi connectivity index (χ1n) is 42.8. The quantitative estimate of drug-likeness (QED) is 0.0699. The zero-order chi connectivity index (χ0) is 85.5. The molecule has 12 aromatic rings. The van der Waals surface area contributed by atoms with Crippen molar-refractivity contribution in [1.82, 2.24) is 84.4 Å². The number of rotatable bonds is 16. The lowest BCUT2D eigenvalue weighted by Gasteiger charge is -2.50. The predicted octanol–water partition coefficient (Wildman–Crippen LogP) is 15.9. The Morgan fingerprint density at radius 3 is 1.06 bits per heavy atom. The maximum absolute atomic E-state index is 14.9. The van der Waals surface area contributed by atoms with Gasteiger partial charge >= 0.3 is 0 Å². The number of hydrogen-bond donors (Lipinski definition) is 4. The van der Waals surface area contributed by atoms with Crippen LogP contribution in [0.4, 0.5) is 36.4 Å². The van der Waals surface area contributed by atoms with Gasteiger partial charge in [0.15, 0.2) is 23.3 Å². The van der Waals surface area contributed by atoms with Crippen LogP contribution in [0, 0.1) is 75.7 Å². The molecule has 632 valence electrons. The van der Waals surface area contributed by atoms with Crippen molar-refractivity contribution in [2.24, 2.45) is 23.7 Å². The number of carbonyl (C=O) groups is 4. The highest BCUT2D eigenvalue weighted by Gasteiger charge is 2.49.